The molecule has 0 radical (unpaired) electrons. The van der Waals surface area contributed by atoms with Gasteiger partial charge in [0.15, 0.2) is 0 Å². The lowest BCUT2D eigenvalue weighted by atomic mass is 9.83. The van der Waals surface area contributed by atoms with E-state index in [9.17, 15) is 0 Å². The first-order valence-corrected chi connectivity index (χ1v) is 7.89. The maximum absolute atomic E-state index is 5.28. The SMILES string of the molecule is C#CCCC(=C)C1SCC(C(C)(C)C)CS1. The average Bonchev–Trinajstić information content (AvgIpc) is 2.25. The van der Waals surface area contributed by atoms with Crippen LogP contribution in [0.4, 0.5) is 0 Å². The second-order valence-corrected chi connectivity index (χ2v) is 8.00. The van der Waals surface area contributed by atoms with Gasteiger partial charge in [0.25, 0.3) is 0 Å². The molecule has 2 heteroatoms. The molecular formula is C14H22S2. The molecule has 0 N–H and O–H groups in total. The summed E-state index contributed by atoms with van der Waals surface area (Å²) >= 11 is 4.10. The van der Waals surface area contributed by atoms with Crippen molar-refractivity contribution >= 4 is 23.5 Å². The van der Waals surface area contributed by atoms with Crippen LogP contribution >= 0.6 is 23.5 Å². The third-order valence-electron chi connectivity index (χ3n) is 3.05. The summed E-state index contributed by atoms with van der Waals surface area (Å²) in [5.41, 5.74) is 1.76. The molecule has 90 valence electrons. The first-order chi connectivity index (χ1) is 7.45. The van der Waals surface area contributed by atoms with Crippen LogP contribution in [0.15, 0.2) is 12.2 Å². The fraction of sp³-hybridized carbons (Fsp3) is 0.714. The lowest BCUT2D eigenvalue weighted by Gasteiger charge is -2.36. The molecule has 0 spiro atoms. The second kappa shape index (κ2) is 6.07. The van der Waals surface area contributed by atoms with E-state index in [0.29, 0.717) is 10.00 Å². The molecule has 0 saturated carbocycles. The Morgan fingerprint density at radius 2 is 1.94 bits per heavy atom. The van der Waals surface area contributed by atoms with Gasteiger partial charge in [-0.25, -0.2) is 0 Å². The quantitative estimate of drug-likeness (QED) is 0.540. The van der Waals surface area contributed by atoms with E-state index >= 15 is 0 Å². The summed E-state index contributed by atoms with van der Waals surface area (Å²) in [5, 5.41) is 0. The second-order valence-electron chi connectivity index (χ2n) is 5.42. The number of rotatable bonds is 3. The van der Waals surface area contributed by atoms with Crippen molar-refractivity contribution < 1.29 is 0 Å². The molecular weight excluding hydrogens is 232 g/mol. The van der Waals surface area contributed by atoms with Gasteiger partial charge in [-0.1, -0.05) is 32.9 Å². The van der Waals surface area contributed by atoms with Crippen LogP contribution in [0.3, 0.4) is 0 Å². The monoisotopic (exact) mass is 254 g/mol. The van der Waals surface area contributed by atoms with Gasteiger partial charge in [0.2, 0.25) is 0 Å². The van der Waals surface area contributed by atoms with Crippen molar-refractivity contribution in [2.24, 2.45) is 11.3 Å². The Labute approximate surface area is 109 Å². The molecule has 0 unspecified atom stereocenters. The number of hydrogen-bond acceptors (Lipinski definition) is 2. The largest absolute Gasteiger partial charge is 0.143 e. The Hall–Kier alpha value is -0.000000000000000111. The molecule has 1 saturated heterocycles. The first-order valence-electron chi connectivity index (χ1n) is 5.79. The molecule has 16 heavy (non-hydrogen) atoms. The fourth-order valence-electron chi connectivity index (χ4n) is 1.59. The minimum Gasteiger partial charge on any atom is -0.143 e. The van der Waals surface area contributed by atoms with E-state index in [1.54, 1.807) is 0 Å². The molecule has 0 aromatic rings. The number of terminal acetylenes is 1. The van der Waals surface area contributed by atoms with Crippen molar-refractivity contribution in [2.45, 2.75) is 38.2 Å². The van der Waals surface area contributed by atoms with Crippen molar-refractivity contribution in [3.05, 3.63) is 12.2 Å². The smallest absolute Gasteiger partial charge is 0.0709 e. The zero-order chi connectivity index (χ0) is 12.2. The van der Waals surface area contributed by atoms with Crippen LogP contribution in [0.5, 0.6) is 0 Å². The number of hydrogen-bond donors (Lipinski definition) is 0. The standard InChI is InChI=1S/C14H22S2/c1-6-7-8-11(2)13-15-9-12(10-16-13)14(3,4)5/h1,12-13H,2,7-10H2,3-5H3. The molecule has 0 aromatic heterocycles. The predicted octanol–water partition coefficient (Wildman–Crippen LogP) is 4.42. The van der Waals surface area contributed by atoms with E-state index in [1.165, 1.54) is 17.1 Å². The highest BCUT2D eigenvalue weighted by molar-refractivity contribution is 8.17. The van der Waals surface area contributed by atoms with Gasteiger partial charge in [0.1, 0.15) is 0 Å². The molecule has 0 nitrogen and oxygen atoms in total. The van der Waals surface area contributed by atoms with Crippen LogP contribution in [0, 0.1) is 23.7 Å². The van der Waals surface area contributed by atoms with Gasteiger partial charge >= 0.3 is 0 Å². The van der Waals surface area contributed by atoms with Crippen LogP contribution in [-0.4, -0.2) is 16.1 Å². The van der Waals surface area contributed by atoms with E-state index in [-0.39, 0.29) is 0 Å². The molecule has 0 aromatic carbocycles. The number of thioether (sulfide) groups is 2. The molecule has 1 rings (SSSR count). The molecule has 0 amide bonds. The third-order valence-corrected chi connectivity index (χ3v) is 6.32. The fourth-order valence-corrected chi connectivity index (χ4v) is 5.35. The first kappa shape index (κ1) is 14.1. The van der Waals surface area contributed by atoms with Gasteiger partial charge in [-0.15, -0.1) is 35.9 Å². The van der Waals surface area contributed by atoms with Gasteiger partial charge < -0.3 is 0 Å². The normalized spacial score (nSPS) is 26.1. The van der Waals surface area contributed by atoms with Crippen LogP contribution < -0.4 is 0 Å². The lowest BCUT2D eigenvalue weighted by Crippen LogP contribution is -2.29. The van der Waals surface area contributed by atoms with Crippen molar-refractivity contribution in [3.8, 4) is 12.3 Å². The van der Waals surface area contributed by atoms with Crippen LogP contribution in [-0.2, 0) is 0 Å². The highest BCUT2D eigenvalue weighted by Gasteiger charge is 2.31. The van der Waals surface area contributed by atoms with E-state index in [4.69, 9.17) is 6.42 Å². The maximum Gasteiger partial charge on any atom is 0.0709 e. The van der Waals surface area contributed by atoms with Gasteiger partial charge in [0, 0.05) is 6.42 Å². The highest BCUT2D eigenvalue weighted by atomic mass is 32.2. The minimum atomic E-state index is 0.436. The molecule has 0 aliphatic carbocycles. The van der Waals surface area contributed by atoms with E-state index < -0.39 is 0 Å². The predicted molar refractivity (Wildman–Crippen MR) is 78.9 cm³/mol. The van der Waals surface area contributed by atoms with Crippen molar-refractivity contribution in [1.29, 1.82) is 0 Å². The zero-order valence-corrected chi connectivity index (χ0v) is 12.2. The molecule has 1 fully saturated rings. The lowest BCUT2D eigenvalue weighted by molar-refractivity contribution is 0.293. The van der Waals surface area contributed by atoms with Gasteiger partial charge in [-0.05, 0) is 29.3 Å². The summed E-state index contributed by atoms with van der Waals surface area (Å²) in [6, 6.07) is 0. The molecule has 0 atom stereocenters. The summed E-state index contributed by atoms with van der Waals surface area (Å²) in [6.45, 7) is 11.2. The highest BCUT2D eigenvalue weighted by Crippen LogP contribution is 2.44. The molecule has 0 bridgehead atoms. The minimum absolute atomic E-state index is 0.436. The van der Waals surface area contributed by atoms with Crippen LogP contribution in [0.25, 0.3) is 0 Å². The Kier molecular flexibility index (Phi) is 5.34. The molecule has 1 aliphatic heterocycles. The van der Waals surface area contributed by atoms with Crippen LogP contribution in [0.1, 0.15) is 33.6 Å². The summed E-state index contributed by atoms with van der Waals surface area (Å²) < 4.78 is 0.576. The summed E-state index contributed by atoms with van der Waals surface area (Å²) in [6.07, 6.45) is 7.10. The van der Waals surface area contributed by atoms with Crippen LogP contribution in [0.2, 0.25) is 0 Å². The average molecular weight is 254 g/mol. The molecule has 1 heterocycles. The maximum atomic E-state index is 5.28. The summed E-state index contributed by atoms with van der Waals surface area (Å²) in [7, 11) is 0. The van der Waals surface area contributed by atoms with E-state index in [2.05, 4.69) is 56.8 Å². The summed E-state index contributed by atoms with van der Waals surface area (Å²) in [4.78, 5) is 0. The van der Waals surface area contributed by atoms with E-state index in [0.717, 1.165) is 18.8 Å². The Morgan fingerprint density at radius 1 is 1.38 bits per heavy atom. The zero-order valence-electron chi connectivity index (χ0n) is 10.6. The van der Waals surface area contributed by atoms with Crippen molar-refractivity contribution in [1.82, 2.24) is 0 Å². The third kappa shape index (κ3) is 4.11. The summed E-state index contributed by atoms with van der Waals surface area (Å²) in [5.74, 6) is 6.03. The van der Waals surface area contributed by atoms with Crippen molar-refractivity contribution in [3.63, 3.8) is 0 Å². The Bertz CT molecular complexity index is 272. The Morgan fingerprint density at radius 3 is 2.38 bits per heavy atom. The Balaban J connectivity index is 2.38. The van der Waals surface area contributed by atoms with Gasteiger partial charge in [-0.3, -0.25) is 0 Å². The van der Waals surface area contributed by atoms with Crippen molar-refractivity contribution in [2.75, 3.05) is 11.5 Å². The van der Waals surface area contributed by atoms with Gasteiger partial charge in [0.05, 0.1) is 4.58 Å². The molecule has 1 aliphatic rings. The topological polar surface area (TPSA) is 0 Å². The van der Waals surface area contributed by atoms with Gasteiger partial charge in [-0.2, -0.15) is 0 Å². The van der Waals surface area contributed by atoms with E-state index in [1.807, 2.05) is 0 Å².